The first kappa shape index (κ1) is 25.3. The van der Waals surface area contributed by atoms with Gasteiger partial charge in [0.2, 0.25) is 0 Å². The smallest absolute Gasteiger partial charge is 0.119 e. The molecule has 2 heterocycles. The summed E-state index contributed by atoms with van der Waals surface area (Å²) in [5, 5.41) is 11.3. The molecule has 36 heavy (non-hydrogen) atoms. The van der Waals surface area contributed by atoms with Crippen LogP contribution in [0, 0.1) is 0 Å². The van der Waals surface area contributed by atoms with Gasteiger partial charge in [-0.25, -0.2) is 0 Å². The fraction of sp³-hybridized carbons (Fsp3) is 0.333. The predicted octanol–water partition coefficient (Wildman–Crippen LogP) is 7.16. The SMILES string of the molecule is CN(C)Cc1ccc(Cc2c(-c3ccc(OCCN4CCCC4)cc3)sc3cc(O)ccc23)cc1Br. The Morgan fingerprint density at radius 1 is 1.00 bits per heavy atom. The number of likely N-dealkylation sites (tertiary alicyclic amines) is 1. The first-order chi connectivity index (χ1) is 17.5. The summed E-state index contributed by atoms with van der Waals surface area (Å²) in [4.78, 5) is 5.89. The van der Waals surface area contributed by atoms with Crippen molar-refractivity contribution in [3.05, 3.63) is 81.8 Å². The van der Waals surface area contributed by atoms with E-state index in [1.165, 1.54) is 58.4 Å². The van der Waals surface area contributed by atoms with E-state index < -0.39 is 0 Å². The molecular weight excluding hydrogens is 532 g/mol. The van der Waals surface area contributed by atoms with Crippen molar-refractivity contribution in [2.45, 2.75) is 25.8 Å². The third-order valence-corrected chi connectivity index (χ3v) is 8.73. The van der Waals surface area contributed by atoms with Crippen molar-refractivity contribution in [1.82, 2.24) is 9.80 Å². The van der Waals surface area contributed by atoms with E-state index in [1.807, 2.05) is 12.1 Å². The summed E-state index contributed by atoms with van der Waals surface area (Å²) >= 11 is 5.52. The quantitative estimate of drug-likeness (QED) is 0.234. The highest BCUT2D eigenvalue weighted by Crippen LogP contribution is 2.41. The van der Waals surface area contributed by atoms with Crippen molar-refractivity contribution in [2.75, 3.05) is 40.3 Å². The fourth-order valence-corrected chi connectivity index (χ4v) is 6.73. The molecule has 1 N–H and O–H groups in total. The van der Waals surface area contributed by atoms with Crippen LogP contribution >= 0.6 is 27.3 Å². The average Bonchev–Trinajstić information content (AvgIpc) is 3.49. The molecule has 0 saturated carbocycles. The Balaban J connectivity index is 1.40. The fourth-order valence-electron chi connectivity index (χ4n) is 4.92. The maximum absolute atomic E-state index is 10.1. The van der Waals surface area contributed by atoms with Crippen LogP contribution in [0.25, 0.3) is 20.5 Å². The van der Waals surface area contributed by atoms with Crippen LogP contribution in [0.5, 0.6) is 11.5 Å². The molecule has 1 aliphatic heterocycles. The lowest BCUT2D eigenvalue weighted by Gasteiger charge is -2.15. The molecule has 1 saturated heterocycles. The Kier molecular flexibility index (Phi) is 7.96. The number of thiophene rings is 1. The molecule has 0 unspecified atom stereocenters. The van der Waals surface area contributed by atoms with Crippen LogP contribution in [-0.4, -0.2) is 55.2 Å². The van der Waals surface area contributed by atoms with E-state index >= 15 is 0 Å². The van der Waals surface area contributed by atoms with Gasteiger partial charge in [-0.2, -0.15) is 0 Å². The number of ether oxygens (including phenoxy) is 1. The maximum atomic E-state index is 10.1. The zero-order chi connectivity index (χ0) is 25.1. The molecule has 0 aliphatic carbocycles. The van der Waals surface area contributed by atoms with Gasteiger partial charge in [-0.05, 0) is 123 Å². The molecule has 0 amide bonds. The van der Waals surface area contributed by atoms with Gasteiger partial charge in [0.25, 0.3) is 0 Å². The molecule has 1 fully saturated rings. The van der Waals surface area contributed by atoms with Gasteiger partial charge < -0.3 is 14.7 Å². The lowest BCUT2D eigenvalue weighted by Crippen LogP contribution is -2.25. The zero-order valence-electron chi connectivity index (χ0n) is 21.0. The van der Waals surface area contributed by atoms with Crippen LogP contribution in [0.15, 0.2) is 65.1 Å². The number of hydrogen-bond acceptors (Lipinski definition) is 5. The summed E-state index contributed by atoms with van der Waals surface area (Å²) in [6, 6.07) is 20.9. The topological polar surface area (TPSA) is 35.9 Å². The summed E-state index contributed by atoms with van der Waals surface area (Å²) < 4.78 is 8.28. The maximum Gasteiger partial charge on any atom is 0.119 e. The number of halogens is 1. The van der Waals surface area contributed by atoms with E-state index in [0.29, 0.717) is 5.75 Å². The summed E-state index contributed by atoms with van der Waals surface area (Å²) in [6.07, 6.45) is 3.44. The van der Waals surface area contributed by atoms with E-state index in [2.05, 4.69) is 82.3 Å². The second-order valence-electron chi connectivity index (χ2n) is 9.85. The van der Waals surface area contributed by atoms with Crippen molar-refractivity contribution in [1.29, 1.82) is 0 Å². The Morgan fingerprint density at radius 3 is 2.50 bits per heavy atom. The average molecular weight is 566 g/mol. The second kappa shape index (κ2) is 11.3. The number of phenolic OH excluding ortho intramolecular Hbond substituents is 1. The normalized spacial score (nSPS) is 14.2. The molecule has 5 rings (SSSR count). The third kappa shape index (κ3) is 5.94. The molecule has 0 radical (unpaired) electrons. The van der Waals surface area contributed by atoms with Gasteiger partial charge in [0.15, 0.2) is 0 Å². The van der Waals surface area contributed by atoms with E-state index in [1.54, 1.807) is 17.4 Å². The molecule has 1 aliphatic rings. The number of benzene rings is 3. The van der Waals surface area contributed by atoms with E-state index in [9.17, 15) is 5.11 Å². The van der Waals surface area contributed by atoms with Gasteiger partial charge in [-0.15, -0.1) is 11.3 Å². The highest BCUT2D eigenvalue weighted by Gasteiger charge is 2.16. The first-order valence-corrected chi connectivity index (χ1v) is 14.2. The summed E-state index contributed by atoms with van der Waals surface area (Å²) in [5.74, 6) is 1.22. The number of fused-ring (bicyclic) bond motifs is 1. The van der Waals surface area contributed by atoms with Crippen molar-refractivity contribution in [2.24, 2.45) is 0 Å². The standard InChI is InChI=1S/C30H33BrN2O2S/c1-32(2)20-23-6-5-21(18-28(23)31)17-27-26-12-9-24(34)19-29(26)36-30(27)22-7-10-25(11-8-22)35-16-15-33-13-3-4-14-33/h5-12,18-19,34H,3-4,13-17,20H2,1-2H3. The van der Waals surface area contributed by atoms with Crippen molar-refractivity contribution in [3.63, 3.8) is 0 Å². The minimum absolute atomic E-state index is 0.305. The highest BCUT2D eigenvalue weighted by atomic mass is 79.9. The van der Waals surface area contributed by atoms with Crippen LogP contribution in [0.2, 0.25) is 0 Å². The Labute approximate surface area is 226 Å². The zero-order valence-corrected chi connectivity index (χ0v) is 23.4. The molecule has 6 heteroatoms. The van der Waals surface area contributed by atoms with Gasteiger partial charge in [0.05, 0.1) is 0 Å². The Hall–Kier alpha value is -2.38. The van der Waals surface area contributed by atoms with Crippen molar-refractivity contribution < 1.29 is 9.84 Å². The lowest BCUT2D eigenvalue weighted by atomic mass is 9.98. The van der Waals surface area contributed by atoms with Crippen LogP contribution < -0.4 is 4.74 Å². The van der Waals surface area contributed by atoms with Gasteiger partial charge in [0, 0.05) is 27.1 Å². The molecule has 0 spiro atoms. The van der Waals surface area contributed by atoms with Crippen molar-refractivity contribution in [3.8, 4) is 21.9 Å². The number of hydrogen-bond donors (Lipinski definition) is 1. The third-order valence-electron chi connectivity index (χ3n) is 6.75. The van der Waals surface area contributed by atoms with Crippen LogP contribution in [0.1, 0.15) is 29.5 Å². The molecule has 0 bridgehead atoms. The molecule has 0 atom stereocenters. The van der Waals surface area contributed by atoms with E-state index in [4.69, 9.17) is 4.74 Å². The largest absolute Gasteiger partial charge is 0.508 e. The van der Waals surface area contributed by atoms with E-state index in [0.717, 1.165) is 41.0 Å². The number of phenols is 1. The number of aromatic hydroxyl groups is 1. The molecule has 4 nitrogen and oxygen atoms in total. The van der Waals surface area contributed by atoms with E-state index in [-0.39, 0.29) is 0 Å². The Bertz CT molecular complexity index is 1330. The van der Waals surface area contributed by atoms with Gasteiger partial charge in [-0.1, -0.05) is 28.1 Å². The van der Waals surface area contributed by atoms with Gasteiger partial charge in [0.1, 0.15) is 18.1 Å². The molecular formula is C30H33BrN2O2S. The minimum Gasteiger partial charge on any atom is -0.508 e. The number of nitrogens with zero attached hydrogens (tertiary/aromatic N) is 2. The lowest BCUT2D eigenvalue weighted by molar-refractivity contribution is 0.238. The Morgan fingerprint density at radius 2 is 1.78 bits per heavy atom. The molecule has 1 aromatic heterocycles. The minimum atomic E-state index is 0.305. The highest BCUT2D eigenvalue weighted by molar-refractivity contribution is 9.10. The first-order valence-electron chi connectivity index (χ1n) is 12.6. The summed E-state index contributed by atoms with van der Waals surface area (Å²) in [5.41, 5.74) is 5.02. The summed E-state index contributed by atoms with van der Waals surface area (Å²) in [7, 11) is 4.17. The monoisotopic (exact) mass is 564 g/mol. The molecule has 3 aromatic carbocycles. The number of rotatable bonds is 9. The van der Waals surface area contributed by atoms with Crippen molar-refractivity contribution >= 4 is 37.4 Å². The predicted molar refractivity (Wildman–Crippen MR) is 154 cm³/mol. The molecule has 188 valence electrons. The van der Waals surface area contributed by atoms with Crippen LogP contribution in [-0.2, 0) is 13.0 Å². The van der Waals surface area contributed by atoms with Crippen LogP contribution in [0.3, 0.4) is 0 Å². The van der Waals surface area contributed by atoms with Gasteiger partial charge in [-0.3, -0.25) is 4.90 Å². The van der Waals surface area contributed by atoms with Crippen LogP contribution in [0.4, 0.5) is 0 Å². The molecule has 4 aromatic rings. The second-order valence-corrected chi connectivity index (χ2v) is 11.8. The summed E-state index contributed by atoms with van der Waals surface area (Å²) in [6.45, 7) is 5.02. The van der Waals surface area contributed by atoms with Gasteiger partial charge >= 0.3 is 0 Å².